The molecule has 0 aromatic heterocycles. The van der Waals surface area contributed by atoms with Gasteiger partial charge < -0.3 is 25.4 Å². The maximum Gasteiger partial charge on any atom is 0.408 e. The van der Waals surface area contributed by atoms with Crippen LogP contribution in [0, 0.1) is 5.92 Å². The number of phenols is 1. The molecule has 3 unspecified atom stereocenters. The minimum atomic E-state index is -1.00. The third-order valence-corrected chi connectivity index (χ3v) is 5.88. The highest BCUT2D eigenvalue weighted by atomic mass is 16.6. The summed E-state index contributed by atoms with van der Waals surface area (Å²) in [6, 6.07) is 4.49. The number of phenolic OH excluding ortho intramolecular Hbond substituents is 1. The molecule has 0 saturated carbocycles. The Morgan fingerprint density at radius 2 is 1.69 bits per heavy atom. The minimum absolute atomic E-state index is 0.00273. The van der Waals surface area contributed by atoms with Crippen LogP contribution in [0.2, 0.25) is 0 Å². The number of nitrogens with zero attached hydrogens (tertiary/aromatic N) is 1. The molecule has 1 rings (SSSR count). The van der Waals surface area contributed by atoms with Crippen molar-refractivity contribution in [2.45, 2.75) is 111 Å². The third kappa shape index (κ3) is 9.70. The highest BCUT2D eigenvalue weighted by Crippen LogP contribution is 2.32. The molecule has 0 radical (unpaired) electrons. The van der Waals surface area contributed by atoms with Gasteiger partial charge in [0.25, 0.3) is 0 Å². The van der Waals surface area contributed by atoms with Gasteiger partial charge in [-0.15, -0.1) is 0 Å². The Morgan fingerprint density at radius 1 is 1.06 bits per heavy atom. The number of rotatable bonds is 11. The van der Waals surface area contributed by atoms with Crippen LogP contribution in [0.25, 0.3) is 0 Å². The van der Waals surface area contributed by atoms with Crippen molar-refractivity contribution in [3.8, 4) is 5.75 Å². The lowest BCUT2D eigenvalue weighted by Gasteiger charge is -2.43. The largest absolute Gasteiger partial charge is 0.508 e. The number of amides is 3. The lowest BCUT2D eigenvalue weighted by molar-refractivity contribution is -0.149. The second-order valence-corrected chi connectivity index (χ2v) is 11.4. The van der Waals surface area contributed by atoms with Crippen molar-refractivity contribution in [3.63, 3.8) is 0 Å². The number of alkyl carbamates (subject to hydrolysis) is 1. The van der Waals surface area contributed by atoms with E-state index >= 15 is 0 Å². The van der Waals surface area contributed by atoms with E-state index in [1.807, 2.05) is 34.6 Å². The van der Waals surface area contributed by atoms with Crippen LogP contribution in [0.5, 0.6) is 5.75 Å². The van der Waals surface area contributed by atoms with Gasteiger partial charge >= 0.3 is 6.09 Å². The lowest BCUT2D eigenvalue weighted by atomic mass is 9.91. The molecule has 0 saturated heterocycles. The molecule has 0 aliphatic heterocycles. The van der Waals surface area contributed by atoms with E-state index in [4.69, 9.17) is 4.74 Å². The van der Waals surface area contributed by atoms with Crippen LogP contribution in [0.15, 0.2) is 24.3 Å². The molecule has 0 fully saturated rings. The Labute approximate surface area is 217 Å². The predicted octanol–water partition coefficient (Wildman–Crippen LogP) is 5.31. The summed E-state index contributed by atoms with van der Waals surface area (Å²) in [5, 5.41) is 15.9. The number of benzene rings is 1. The molecule has 204 valence electrons. The minimum Gasteiger partial charge on any atom is -0.508 e. The highest BCUT2D eigenvalue weighted by molar-refractivity contribution is 5.92. The number of carbonyl (C=O) groups is 3. The fraction of sp³-hybridized carbons (Fsp3) is 0.679. The zero-order valence-corrected chi connectivity index (χ0v) is 23.6. The average molecular weight is 506 g/mol. The highest BCUT2D eigenvalue weighted by Gasteiger charge is 2.43. The first-order valence-corrected chi connectivity index (χ1v) is 13.0. The van der Waals surface area contributed by atoms with Crippen molar-refractivity contribution >= 4 is 17.9 Å². The second kappa shape index (κ2) is 13.5. The van der Waals surface area contributed by atoms with Crippen molar-refractivity contribution in [2.75, 3.05) is 6.54 Å². The summed E-state index contributed by atoms with van der Waals surface area (Å²) in [7, 11) is 0. The number of nitrogens with one attached hydrogen (secondary N) is 2. The van der Waals surface area contributed by atoms with Crippen LogP contribution in [0.3, 0.4) is 0 Å². The zero-order valence-electron chi connectivity index (χ0n) is 23.6. The molecule has 1 aromatic rings. The first kappa shape index (κ1) is 31.3. The number of hydrogen-bond donors (Lipinski definition) is 3. The van der Waals surface area contributed by atoms with Crippen molar-refractivity contribution in [1.82, 2.24) is 15.5 Å². The molecule has 0 heterocycles. The summed E-state index contributed by atoms with van der Waals surface area (Å²) in [6.07, 6.45) is 2.77. The zero-order chi connectivity index (χ0) is 27.7. The summed E-state index contributed by atoms with van der Waals surface area (Å²) in [5.41, 5.74) is -1.01. The van der Waals surface area contributed by atoms with Gasteiger partial charge in [0.05, 0.1) is 0 Å². The van der Waals surface area contributed by atoms with Crippen LogP contribution >= 0.6 is 0 Å². The van der Waals surface area contributed by atoms with Gasteiger partial charge in [-0.1, -0.05) is 52.2 Å². The van der Waals surface area contributed by atoms with Gasteiger partial charge in [-0.25, -0.2) is 4.79 Å². The van der Waals surface area contributed by atoms with E-state index in [1.165, 1.54) is 17.0 Å². The molecule has 0 aliphatic rings. The lowest BCUT2D eigenvalue weighted by Crippen LogP contribution is -2.60. The molecule has 3 amide bonds. The van der Waals surface area contributed by atoms with Gasteiger partial charge in [0.2, 0.25) is 11.8 Å². The average Bonchev–Trinajstić information content (AvgIpc) is 2.75. The molecule has 3 N–H and O–H groups in total. The molecule has 1 aromatic carbocycles. The smallest absolute Gasteiger partial charge is 0.408 e. The Kier molecular flexibility index (Phi) is 11.7. The molecule has 0 spiro atoms. The Morgan fingerprint density at radius 3 is 2.19 bits per heavy atom. The van der Waals surface area contributed by atoms with E-state index in [9.17, 15) is 19.5 Å². The molecule has 36 heavy (non-hydrogen) atoms. The van der Waals surface area contributed by atoms with E-state index in [-0.39, 0.29) is 23.5 Å². The van der Waals surface area contributed by atoms with E-state index in [0.29, 0.717) is 18.5 Å². The van der Waals surface area contributed by atoms with Gasteiger partial charge in [0.15, 0.2) is 0 Å². The Bertz CT molecular complexity index is 873. The van der Waals surface area contributed by atoms with Gasteiger partial charge in [0, 0.05) is 12.1 Å². The summed E-state index contributed by atoms with van der Waals surface area (Å²) in [6.45, 7) is 17.2. The van der Waals surface area contributed by atoms with Crippen molar-refractivity contribution in [3.05, 3.63) is 29.8 Å². The molecular formula is C28H47N3O5. The van der Waals surface area contributed by atoms with Crippen molar-refractivity contribution in [2.24, 2.45) is 5.92 Å². The van der Waals surface area contributed by atoms with E-state index in [1.54, 1.807) is 32.9 Å². The number of ether oxygens (including phenoxy) is 1. The molecule has 0 bridgehead atoms. The quantitative estimate of drug-likeness (QED) is 0.353. The summed E-state index contributed by atoms with van der Waals surface area (Å²) < 4.78 is 5.43. The van der Waals surface area contributed by atoms with E-state index in [2.05, 4.69) is 17.6 Å². The van der Waals surface area contributed by atoms with Crippen LogP contribution in [0.1, 0.15) is 99.6 Å². The third-order valence-electron chi connectivity index (χ3n) is 5.88. The summed E-state index contributed by atoms with van der Waals surface area (Å²) in [4.78, 5) is 42.0. The maximum atomic E-state index is 14.2. The monoisotopic (exact) mass is 505 g/mol. The summed E-state index contributed by atoms with van der Waals surface area (Å²) in [5.74, 6) is -0.935. The predicted molar refractivity (Wildman–Crippen MR) is 143 cm³/mol. The first-order valence-electron chi connectivity index (χ1n) is 13.0. The molecule has 0 aliphatic carbocycles. The van der Waals surface area contributed by atoms with E-state index in [0.717, 1.165) is 19.3 Å². The Hall–Kier alpha value is -2.77. The Balaban J connectivity index is 3.51. The van der Waals surface area contributed by atoms with Gasteiger partial charge in [0.1, 0.15) is 23.4 Å². The van der Waals surface area contributed by atoms with Crippen LogP contribution < -0.4 is 10.6 Å². The van der Waals surface area contributed by atoms with Gasteiger partial charge in [-0.05, 0) is 71.6 Å². The maximum absolute atomic E-state index is 14.2. The fourth-order valence-corrected chi connectivity index (χ4v) is 3.91. The van der Waals surface area contributed by atoms with Crippen LogP contribution in [-0.4, -0.2) is 51.6 Å². The number of hydrogen-bond acceptors (Lipinski definition) is 5. The molecule has 8 heteroatoms. The van der Waals surface area contributed by atoms with Crippen LogP contribution in [0.4, 0.5) is 4.79 Å². The SMILES string of the molecule is CCCCCNC(=O)C(c1cccc(O)c1)N(C(=O)C(NC(=O)OC(C)(C)C)C(C)CC)C(C)(C)C. The number of carbonyl (C=O) groups excluding carboxylic acids is 3. The number of unbranched alkanes of at least 4 members (excludes halogenated alkanes) is 2. The van der Waals surface area contributed by atoms with E-state index < -0.39 is 29.3 Å². The standard InChI is InChI=1S/C28H47N3O5/c1-10-12-13-17-29-24(33)23(20-15-14-16-21(32)18-20)31(27(4,5)6)25(34)22(19(3)11-2)30-26(35)36-28(7,8)9/h14-16,18-19,22-23,32H,10-13,17H2,1-9H3,(H,29,33)(H,30,35). The number of aromatic hydroxyl groups is 1. The fourth-order valence-electron chi connectivity index (χ4n) is 3.91. The molecular weight excluding hydrogens is 458 g/mol. The van der Waals surface area contributed by atoms with Gasteiger partial charge in [-0.2, -0.15) is 0 Å². The molecule has 8 nitrogen and oxygen atoms in total. The van der Waals surface area contributed by atoms with Gasteiger partial charge in [-0.3, -0.25) is 9.59 Å². The summed E-state index contributed by atoms with van der Waals surface area (Å²) >= 11 is 0. The normalized spacial score (nSPS) is 14.4. The van der Waals surface area contributed by atoms with Crippen molar-refractivity contribution in [1.29, 1.82) is 0 Å². The topological polar surface area (TPSA) is 108 Å². The molecule has 3 atom stereocenters. The first-order chi connectivity index (χ1) is 16.6. The van der Waals surface area contributed by atoms with Crippen molar-refractivity contribution < 1.29 is 24.2 Å². The second-order valence-electron chi connectivity index (χ2n) is 11.4. The van der Waals surface area contributed by atoms with Crippen LogP contribution in [-0.2, 0) is 14.3 Å².